The summed E-state index contributed by atoms with van der Waals surface area (Å²) in [6.07, 6.45) is 2.12. The number of para-hydroxylation sites is 1. The Balaban J connectivity index is 2.81. The Kier molecular flexibility index (Phi) is 3.82. The molecule has 7 heteroatoms. The number of benzene rings is 1. The normalized spacial score (nSPS) is 12.1. The van der Waals surface area contributed by atoms with Crippen molar-refractivity contribution in [3.63, 3.8) is 0 Å². The van der Waals surface area contributed by atoms with E-state index in [0.29, 0.717) is 16.5 Å². The van der Waals surface area contributed by atoms with Crippen molar-refractivity contribution < 1.29 is 17.9 Å². The lowest BCUT2D eigenvalue weighted by molar-refractivity contribution is 0.0595. The van der Waals surface area contributed by atoms with E-state index in [2.05, 4.69) is 9.72 Å². The molecule has 1 aromatic carbocycles. The number of carbonyl (C=O) groups excluding carboxylic acids is 1. The molecule has 1 aromatic heterocycles. The van der Waals surface area contributed by atoms with Crippen LogP contribution in [0.4, 0.5) is 0 Å². The molecule has 0 radical (unpaired) electrons. The number of hydrogen-bond donors (Lipinski definition) is 1. The third-order valence-electron chi connectivity index (χ3n) is 2.92. The smallest absolute Gasteiger partial charge is 0.355 e. The van der Waals surface area contributed by atoms with E-state index in [0.717, 1.165) is 6.26 Å². The molecule has 1 heterocycles. The summed E-state index contributed by atoms with van der Waals surface area (Å²) in [7, 11) is -2.45. The zero-order valence-corrected chi connectivity index (χ0v) is 12.2. The first kappa shape index (κ1) is 14.8. The van der Waals surface area contributed by atoms with Crippen molar-refractivity contribution in [2.24, 2.45) is 0 Å². The molecule has 0 bridgehead atoms. The van der Waals surface area contributed by atoms with Crippen LogP contribution in [0.15, 0.2) is 29.2 Å². The molecular weight excluding hydrogens is 292 g/mol. The van der Waals surface area contributed by atoms with E-state index in [9.17, 15) is 13.2 Å². The number of nitrogens with one attached hydrogen (secondary N) is 1. The predicted octanol–water partition coefficient (Wildman–Crippen LogP) is 1.86. The lowest BCUT2D eigenvalue weighted by Gasteiger charge is -2.00. The molecule has 0 unspecified atom stereocenters. The number of fused-ring (bicyclic) bond motifs is 1. The Hall–Kier alpha value is -2.59. The number of carbonyl (C=O) groups is 1. The van der Waals surface area contributed by atoms with Gasteiger partial charge in [-0.05, 0) is 12.1 Å². The fraction of sp³-hybridized carbons (Fsp3) is 0.143. The van der Waals surface area contributed by atoms with E-state index in [1.807, 2.05) is 0 Å². The van der Waals surface area contributed by atoms with Gasteiger partial charge in [0, 0.05) is 22.7 Å². The number of allylic oxidation sites excluding steroid dienone is 1. The van der Waals surface area contributed by atoms with E-state index in [1.54, 1.807) is 30.3 Å². The minimum Gasteiger partial charge on any atom is -0.464 e. The van der Waals surface area contributed by atoms with Crippen molar-refractivity contribution in [2.75, 3.05) is 13.4 Å². The van der Waals surface area contributed by atoms with Crippen molar-refractivity contribution in [2.45, 2.75) is 0 Å². The summed E-state index contributed by atoms with van der Waals surface area (Å²) >= 11 is 0. The molecule has 0 atom stereocenters. The molecule has 108 valence electrons. The van der Waals surface area contributed by atoms with E-state index in [4.69, 9.17) is 5.26 Å². The summed E-state index contributed by atoms with van der Waals surface area (Å²) in [6.45, 7) is 0. The maximum atomic E-state index is 11.8. The highest BCUT2D eigenvalue weighted by Gasteiger charge is 2.19. The zero-order chi connectivity index (χ0) is 15.6. The number of aromatic nitrogens is 1. The lowest BCUT2D eigenvalue weighted by Crippen LogP contribution is -2.04. The van der Waals surface area contributed by atoms with E-state index in [1.165, 1.54) is 13.2 Å². The van der Waals surface area contributed by atoms with Crippen molar-refractivity contribution in [1.29, 1.82) is 5.26 Å². The molecule has 0 fully saturated rings. The van der Waals surface area contributed by atoms with Crippen LogP contribution < -0.4 is 0 Å². The van der Waals surface area contributed by atoms with Gasteiger partial charge in [0.25, 0.3) is 0 Å². The second-order valence-corrected chi connectivity index (χ2v) is 6.33. The van der Waals surface area contributed by atoms with Gasteiger partial charge in [-0.3, -0.25) is 0 Å². The Labute approximate surface area is 121 Å². The summed E-state index contributed by atoms with van der Waals surface area (Å²) in [5.41, 5.74) is 1.07. The number of hydrogen-bond acceptors (Lipinski definition) is 5. The molecule has 0 saturated carbocycles. The van der Waals surface area contributed by atoms with E-state index < -0.39 is 20.7 Å². The van der Waals surface area contributed by atoms with Crippen LogP contribution in [-0.4, -0.2) is 32.7 Å². The molecule has 21 heavy (non-hydrogen) atoms. The SMILES string of the molecule is COC(=O)c1[nH]c2ccccc2c1C=C(C#N)S(C)(=O)=O. The molecule has 0 aliphatic rings. The van der Waals surface area contributed by atoms with Gasteiger partial charge in [-0.25, -0.2) is 13.2 Å². The second kappa shape index (κ2) is 5.42. The molecule has 0 amide bonds. The molecule has 2 rings (SSSR count). The standard InChI is InChI=1S/C14H12N2O4S/c1-20-14(17)13-11(7-9(8-15)21(2,18)19)10-5-3-4-6-12(10)16-13/h3-7,16H,1-2H3. The number of H-pyrrole nitrogens is 1. The summed E-state index contributed by atoms with van der Waals surface area (Å²) in [4.78, 5) is 14.3. The maximum Gasteiger partial charge on any atom is 0.355 e. The van der Waals surface area contributed by atoms with Crippen molar-refractivity contribution in [1.82, 2.24) is 4.98 Å². The number of methoxy groups -OCH3 is 1. The van der Waals surface area contributed by atoms with Gasteiger partial charge < -0.3 is 9.72 Å². The van der Waals surface area contributed by atoms with E-state index in [-0.39, 0.29) is 5.69 Å². The molecule has 0 spiro atoms. The van der Waals surface area contributed by atoms with Gasteiger partial charge in [0.1, 0.15) is 16.7 Å². The summed E-state index contributed by atoms with van der Waals surface area (Å²) in [5, 5.41) is 9.63. The van der Waals surface area contributed by atoms with Crippen molar-refractivity contribution in [3.8, 4) is 6.07 Å². The van der Waals surface area contributed by atoms with Gasteiger partial charge in [0.15, 0.2) is 9.84 Å². The fourth-order valence-corrected chi connectivity index (χ4v) is 2.43. The van der Waals surface area contributed by atoms with Crippen LogP contribution in [0.1, 0.15) is 16.1 Å². The number of esters is 1. The van der Waals surface area contributed by atoms with Gasteiger partial charge >= 0.3 is 5.97 Å². The maximum absolute atomic E-state index is 11.8. The van der Waals surface area contributed by atoms with Crippen LogP contribution >= 0.6 is 0 Å². The third kappa shape index (κ3) is 2.80. The average molecular weight is 304 g/mol. The van der Waals surface area contributed by atoms with Gasteiger partial charge in [0.05, 0.1) is 7.11 Å². The number of nitriles is 1. The predicted molar refractivity (Wildman–Crippen MR) is 78.1 cm³/mol. The van der Waals surface area contributed by atoms with Crippen LogP contribution in [0.5, 0.6) is 0 Å². The molecule has 0 saturated heterocycles. The number of rotatable bonds is 3. The van der Waals surface area contributed by atoms with Crippen LogP contribution in [0.25, 0.3) is 17.0 Å². The Bertz CT molecular complexity index is 885. The zero-order valence-electron chi connectivity index (χ0n) is 11.4. The summed E-state index contributed by atoms with van der Waals surface area (Å²) in [5.74, 6) is -0.636. The molecule has 0 aliphatic heterocycles. The molecule has 1 N–H and O–H groups in total. The van der Waals surface area contributed by atoms with Gasteiger partial charge in [-0.15, -0.1) is 0 Å². The number of ether oxygens (including phenoxy) is 1. The molecule has 6 nitrogen and oxygen atoms in total. The monoisotopic (exact) mass is 304 g/mol. The lowest BCUT2D eigenvalue weighted by atomic mass is 10.1. The minimum atomic E-state index is -3.67. The molecular formula is C14H12N2O4S. The Morgan fingerprint density at radius 3 is 2.62 bits per heavy atom. The van der Waals surface area contributed by atoms with Gasteiger partial charge in [0.2, 0.25) is 0 Å². The molecule has 0 aliphatic carbocycles. The topological polar surface area (TPSA) is 100 Å². The fourth-order valence-electron chi connectivity index (χ4n) is 1.93. The number of sulfone groups is 1. The Morgan fingerprint density at radius 2 is 2.05 bits per heavy atom. The van der Waals surface area contributed by atoms with Crippen LogP contribution in [0, 0.1) is 11.3 Å². The first-order valence-corrected chi connectivity index (χ1v) is 7.78. The number of aromatic amines is 1. The Morgan fingerprint density at radius 1 is 1.38 bits per heavy atom. The van der Waals surface area contributed by atoms with Gasteiger partial charge in [-0.1, -0.05) is 18.2 Å². The minimum absolute atomic E-state index is 0.107. The van der Waals surface area contributed by atoms with Crippen LogP contribution in [0.3, 0.4) is 0 Å². The van der Waals surface area contributed by atoms with Crippen LogP contribution in [-0.2, 0) is 14.6 Å². The van der Waals surface area contributed by atoms with E-state index >= 15 is 0 Å². The first-order chi connectivity index (χ1) is 9.88. The van der Waals surface area contributed by atoms with Crippen molar-refractivity contribution in [3.05, 3.63) is 40.4 Å². The highest BCUT2D eigenvalue weighted by molar-refractivity contribution is 7.95. The summed E-state index contributed by atoms with van der Waals surface area (Å²) < 4.78 is 27.8. The van der Waals surface area contributed by atoms with Crippen LogP contribution in [0.2, 0.25) is 0 Å². The number of nitrogens with zero attached hydrogens (tertiary/aromatic N) is 1. The first-order valence-electron chi connectivity index (χ1n) is 5.89. The highest BCUT2D eigenvalue weighted by Crippen LogP contribution is 2.26. The largest absolute Gasteiger partial charge is 0.464 e. The second-order valence-electron chi connectivity index (χ2n) is 4.34. The van der Waals surface area contributed by atoms with Crippen molar-refractivity contribution >= 4 is 32.8 Å². The van der Waals surface area contributed by atoms with Gasteiger partial charge in [-0.2, -0.15) is 5.26 Å². The summed E-state index contributed by atoms with van der Waals surface area (Å²) in [6, 6.07) is 8.63. The highest BCUT2D eigenvalue weighted by atomic mass is 32.2. The molecule has 2 aromatic rings. The third-order valence-corrected chi connectivity index (χ3v) is 3.93. The quantitative estimate of drug-likeness (QED) is 0.689. The average Bonchev–Trinajstić information content (AvgIpc) is 2.81.